The Hall–Kier alpha value is -1.56. The Kier molecular flexibility index (Phi) is 1.92. The summed E-state index contributed by atoms with van der Waals surface area (Å²) in [5.74, 6) is -0.604. The molecule has 0 fully saturated rings. The summed E-state index contributed by atoms with van der Waals surface area (Å²) in [6, 6.07) is 0. The first kappa shape index (κ1) is 9.01. The van der Waals surface area contributed by atoms with Crippen molar-refractivity contribution in [1.29, 1.82) is 0 Å². The molecule has 14 heavy (non-hydrogen) atoms. The Labute approximate surface area is 83.1 Å². The molecule has 1 N–H and O–H groups in total. The van der Waals surface area contributed by atoms with Gasteiger partial charge in [0.1, 0.15) is 4.64 Å². The molecule has 2 aromatic rings. The molecule has 0 amide bonds. The van der Waals surface area contributed by atoms with Gasteiger partial charge in [0.2, 0.25) is 11.6 Å². The van der Waals surface area contributed by atoms with Crippen LogP contribution >= 0.6 is 12.2 Å². The summed E-state index contributed by atoms with van der Waals surface area (Å²) < 4.78 is 14.6. The van der Waals surface area contributed by atoms with Gasteiger partial charge in [0.05, 0.1) is 6.20 Å². The number of nitrogens with zero attached hydrogens (tertiary/aromatic N) is 2. The van der Waals surface area contributed by atoms with Gasteiger partial charge >= 0.3 is 0 Å². The Bertz CT molecular complexity index is 565. The predicted octanol–water partition coefficient (Wildman–Crippen LogP) is 1.20. The molecule has 4 nitrogen and oxygen atoms in total. The van der Waals surface area contributed by atoms with Gasteiger partial charge in [-0.3, -0.25) is 14.2 Å². The van der Waals surface area contributed by atoms with Crippen molar-refractivity contribution in [2.75, 3.05) is 0 Å². The largest absolute Gasteiger partial charge is 0.291 e. The molecule has 0 bridgehead atoms. The third-order valence-electron chi connectivity index (χ3n) is 1.82. The average Bonchev–Trinajstić information content (AvgIpc) is 2.11. The van der Waals surface area contributed by atoms with Crippen molar-refractivity contribution in [2.45, 2.75) is 6.92 Å². The highest BCUT2D eigenvalue weighted by Gasteiger charge is 2.02. The molecular formula is C8H6FN3OS. The maximum atomic E-state index is 12.9. The number of hydrogen-bond acceptors (Lipinski definition) is 3. The summed E-state index contributed by atoms with van der Waals surface area (Å²) in [5.41, 5.74) is -0.0419. The highest BCUT2D eigenvalue weighted by molar-refractivity contribution is 7.71. The zero-order chi connectivity index (χ0) is 10.3. The normalized spacial score (nSPS) is 10.7. The lowest BCUT2D eigenvalue weighted by Gasteiger charge is -2.01. The summed E-state index contributed by atoms with van der Waals surface area (Å²) >= 11 is 4.92. The minimum absolute atomic E-state index is 0.243. The molecule has 2 rings (SSSR count). The van der Waals surface area contributed by atoms with Crippen LogP contribution in [0.1, 0.15) is 5.56 Å². The molecule has 0 atom stereocenters. The molecule has 0 saturated heterocycles. The molecule has 0 radical (unpaired) electrons. The second-order valence-electron chi connectivity index (χ2n) is 2.89. The second kappa shape index (κ2) is 2.98. The topological polar surface area (TPSA) is 50.2 Å². The fourth-order valence-electron chi connectivity index (χ4n) is 1.10. The van der Waals surface area contributed by atoms with Crippen LogP contribution in [0.25, 0.3) is 5.78 Å². The summed E-state index contributed by atoms with van der Waals surface area (Å²) in [6.07, 6.45) is 2.69. The molecule has 0 aromatic carbocycles. The van der Waals surface area contributed by atoms with Gasteiger partial charge in [0, 0.05) is 11.8 Å². The molecule has 0 saturated carbocycles. The molecule has 0 aliphatic heterocycles. The number of halogens is 1. The highest BCUT2D eigenvalue weighted by atomic mass is 32.1. The van der Waals surface area contributed by atoms with Crippen LogP contribution in [0.2, 0.25) is 0 Å². The number of hydrogen-bond donors (Lipinski definition) is 1. The van der Waals surface area contributed by atoms with E-state index in [1.54, 1.807) is 13.1 Å². The minimum atomic E-state index is -0.846. The van der Waals surface area contributed by atoms with E-state index in [9.17, 15) is 9.18 Å². The van der Waals surface area contributed by atoms with Gasteiger partial charge < -0.3 is 0 Å². The second-order valence-corrected chi connectivity index (χ2v) is 3.28. The van der Waals surface area contributed by atoms with Crippen molar-refractivity contribution < 1.29 is 4.39 Å². The third kappa shape index (κ3) is 1.33. The van der Waals surface area contributed by atoms with Crippen molar-refractivity contribution in [3.8, 4) is 0 Å². The smallest absolute Gasteiger partial charge is 0.288 e. The van der Waals surface area contributed by atoms with Crippen LogP contribution < -0.4 is 5.56 Å². The van der Waals surface area contributed by atoms with Crippen molar-refractivity contribution in [3.63, 3.8) is 0 Å². The van der Waals surface area contributed by atoms with E-state index < -0.39 is 11.4 Å². The Morgan fingerprint density at radius 1 is 1.57 bits per heavy atom. The van der Waals surface area contributed by atoms with E-state index in [1.807, 2.05) is 0 Å². The van der Waals surface area contributed by atoms with Gasteiger partial charge in [0.25, 0.3) is 5.56 Å². The number of rotatable bonds is 0. The zero-order valence-corrected chi connectivity index (χ0v) is 8.06. The van der Waals surface area contributed by atoms with Gasteiger partial charge in [-0.25, -0.2) is 4.98 Å². The number of H-pyrrole nitrogens is 1. The SMILES string of the molecule is Cc1cn2cc(F)c(=O)[nH]c2nc1=S. The third-order valence-corrected chi connectivity index (χ3v) is 2.23. The van der Waals surface area contributed by atoms with Crippen molar-refractivity contribution in [3.05, 3.63) is 38.8 Å². The molecule has 2 aromatic heterocycles. The molecule has 72 valence electrons. The molecule has 0 aliphatic rings. The van der Waals surface area contributed by atoms with Crippen LogP contribution in [-0.4, -0.2) is 14.4 Å². The summed E-state index contributed by atoms with van der Waals surface area (Å²) in [7, 11) is 0. The van der Waals surface area contributed by atoms with Crippen LogP contribution in [0.4, 0.5) is 4.39 Å². The number of aromatic nitrogens is 3. The maximum Gasteiger partial charge on any atom is 0.288 e. The van der Waals surface area contributed by atoms with Gasteiger partial charge in [-0.2, -0.15) is 4.39 Å². The lowest BCUT2D eigenvalue weighted by atomic mass is 10.4. The van der Waals surface area contributed by atoms with E-state index in [-0.39, 0.29) is 5.78 Å². The number of fused-ring (bicyclic) bond motifs is 1. The van der Waals surface area contributed by atoms with E-state index >= 15 is 0 Å². The first-order chi connectivity index (χ1) is 6.58. The van der Waals surface area contributed by atoms with E-state index in [4.69, 9.17) is 12.2 Å². The first-order valence-corrected chi connectivity index (χ1v) is 4.27. The van der Waals surface area contributed by atoms with Gasteiger partial charge in [-0.15, -0.1) is 0 Å². The lowest BCUT2D eigenvalue weighted by Crippen LogP contribution is -2.14. The van der Waals surface area contributed by atoms with Crippen LogP contribution in [0.3, 0.4) is 0 Å². The lowest BCUT2D eigenvalue weighted by molar-refractivity contribution is 0.597. The summed E-state index contributed by atoms with van der Waals surface area (Å²) in [6.45, 7) is 1.77. The summed E-state index contributed by atoms with van der Waals surface area (Å²) in [4.78, 5) is 17.1. The molecular weight excluding hydrogens is 205 g/mol. The van der Waals surface area contributed by atoms with E-state index in [2.05, 4.69) is 9.97 Å². The fraction of sp³-hybridized carbons (Fsp3) is 0.125. The van der Waals surface area contributed by atoms with Crippen LogP contribution in [0.5, 0.6) is 0 Å². The fourth-order valence-corrected chi connectivity index (χ4v) is 1.24. The predicted molar refractivity (Wildman–Crippen MR) is 51.3 cm³/mol. The highest BCUT2D eigenvalue weighted by Crippen LogP contribution is 2.01. The quantitative estimate of drug-likeness (QED) is 0.666. The Morgan fingerprint density at radius 3 is 3.00 bits per heavy atom. The van der Waals surface area contributed by atoms with Crippen LogP contribution in [0, 0.1) is 17.4 Å². The van der Waals surface area contributed by atoms with Crippen molar-refractivity contribution in [1.82, 2.24) is 14.4 Å². The van der Waals surface area contributed by atoms with Gasteiger partial charge in [-0.1, -0.05) is 12.2 Å². The van der Waals surface area contributed by atoms with Crippen molar-refractivity contribution >= 4 is 18.0 Å². The number of aromatic amines is 1. The maximum absolute atomic E-state index is 12.9. The molecule has 6 heteroatoms. The van der Waals surface area contributed by atoms with Gasteiger partial charge in [0.15, 0.2) is 0 Å². The van der Waals surface area contributed by atoms with E-state index in [0.29, 0.717) is 4.64 Å². The summed E-state index contributed by atoms with van der Waals surface area (Å²) in [5, 5.41) is 0. The molecule has 2 heterocycles. The van der Waals surface area contributed by atoms with Gasteiger partial charge in [-0.05, 0) is 6.92 Å². The standard InChI is InChI=1S/C8H6FN3OS/c1-4-2-12-3-5(9)6(13)10-8(12)11-7(4)14/h2-3H,1H3,(H,10,11,13,14). The van der Waals surface area contributed by atoms with Crippen molar-refractivity contribution in [2.24, 2.45) is 0 Å². The number of aryl methyl sites for hydroxylation is 1. The van der Waals surface area contributed by atoms with E-state index in [0.717, 1.165) is 11.8 Å². The minimum Gasteiger partial charge on any atom is -0.291 e. The average molecular weight is 211 g/mol. The Morgan fingerprint density at radius 2 is 2.29 bits per heavy atom. The Balaban J connectivity index is 2.97. The molecule has 0 spiro atoms. The molecule has 0 aliphatic carbocycles. The number of nitrogens with one attached hydrogen (secondary N) is 1. The monoisotopic (exact) mass is 211 g/mol. The van der Waals surface area contributed by atoms with Crippen LogP contribution in [-0.2, 0) is 0 Å². The molecule has 0 unspecified atom stereocenters. The first-order valence-electron chi connectivity index (χ1n) is 3.86. The van der Waals surface area contributed by atoms with E-state index in [1.165, 1.54) is 4.40 Å². The zero-order valence-electron chi connectivity index (χ0n) is 7.24. The van der Waals surface area contributed by atoms with Crippen LogP contribution in [0.15, 0.2) is 17.2 Å².